The highest BCUT2D eigenvalue weighted by Crippen LogP contribution is 2.44. The lowest BCUT2D eigenvalue weighted by atomic mass is 9.63. The summed E-state index contributed by atoms with van der Waals surface area (Å²) in [5.41, 5.74) is 2.96. The summed E-state index contributed by atoms with van der Waals surface area (Å²) in [4.78, 5) is 4.95. The Labute approximate surface area is 182 Å². The first-order valence-corrected chi connectivity index (χ1v) is 11.0. The van der Waals surface area contributed by atoms with Crippen LogP contribution in [0.2, 0.25) is 0 Å². The minimum Gasteiger partial charge on any atom is -0.493 e. The maximum absolute atomic E-state index is 5.48. The van der Waals surface area contributed by atoms with Crippen molar-refractivity contribution in [1.82, 2.24) is 9.80 Å². The molecule has 0 N–H and O–H groups in total. The van der Waals surface area contributed by atoms with Crippen molar-refractivity contribution in [2.75, 3.05) is 41.4 Å². The quantitative estimate of drug-likeness (QED) is 0.623. The molecule has 30 heavy (non-hydrogen) atoms. The molecule has 1 heterocycles. The molecule has 2 aromatic carbocycles. The molecule has 164 valence electrons. The third kappa shape index (κ3) is 4.81. The van der Waals surface area contributed by atoms with Gasteiger partial charge >= 0.3 is 0 Å². The Balaban J connectivity index is 1.75. The lowest BCUT2D eigenvalue weighted by molar-refractivity contribution is 0.0622. The average molecular weight is 411 g/mol. The van der Waals surface area contributed by atoms with Crippen molar-refractivity contribution in [3.63, 3.8) is 0 Å². The summed E-state index contributed by atoms with van der Waals surface area (Å²) >= 11 is 0. The molecule has 0 amide bonds. The fourth-order valence-corrected chi connectivity index (χ4v) is 5.10. The summed E-state index contributed by atoms with van der Waals surface area (Å²) in [6, 6.07) is 18.0. The number of ether oxygens (including phenoxy) is 2. The number of nitrogens with zero attached hydrogens (tertiary/aromatic N) is 2. The standard InChI is InChI=1S/C26H38N2O2/c1-20-18-28(4)21(2)17-26(20,23-10-8-7-9-11-23)14-15-27(3)19-22-12-13-24(29-5)25(16-22)30-6/h7-13,16,20-21H,14-15,17-19H2,1-6H3/t20-,21-,26-/m0/s1. The largest absolute Gasteiger partial charge is 0.493 e. The molecule has 0 saturated carbocycles. The van der Waals surface area contributed by atoms with Gasteiger partial charge in [-0.05, 0) is 69.6 Å². The van der Waals surface area contributed by atoms with Crippen LogP contribution in [0, 0.1) is 5.92 Å². The van der Waals surface area contributed by atoms with Crippen LogP contribution in [0.25, 0.3) is 0 Å². The zero-order valence-electron chi connectivity index (χ0n) is 19.5. The molecule has 0 aromatic heterocycles. The molecule has 3 rings (SSSR count). The van der Waals surface area contributed by atoms with E-state index in [1.165, 1.54) is 24.0 Å². The monoisotopic (exact) mass is 410 g/mol. The van der Waals surface area contributed by atoms with Crippen molar-refractivity contribution >= 4 is 0 Å². The van der Waals surface area contributed by atoms with E-state index in [1.54, 1.807) is 14.2 Å². The van der Waals surface area contributed by atoms with Crippen LogP contribution < -0.4 is 9.47 Å². The molecule has 1 aliphatic heterocycles. The van der Waals surface area contributed by atoms with E-state index >= 15 is 0 Å². The van der Waals surface area contributed by atoms with E-state index < -0.39 is 0 Å². The second-order valence-electron chi connectivity index (χ2n) is 9.09. The first-order chi connectivity index (χ1) is 14.4. The third-order valence-corrected chi connectivity index (χ3v) is 7.11. The molecule has 3 atom stereocenters. The van der Waals surface area contributed by atoms with Crippen LogP contribution in [-0.4, -0.2) is 57.2 Å². The molecule has 0 radical (unpaired) electrons. The van der Waals surface area contributed by atoms with Gasteiger partial charge in [0.15, 0.2) is 11.5 Å². The third-order valence-electron chi connectivity index (χ3n) is 7.11. The van der Waals surface area contributed by atoms with Crippen molar-refractivity contribution in [3.8, 4) is 11.5 Å². The van der Waals surface area contributed by atoms with E-state index in [0.717, 1.165) is 31.1 Å². The second kappa shape index (κ2) is 9.84. The second-order valence-corrected chi connectivity index (χ2v) is 9.09. The summed E-state index contributed by atoms with van der Waals surface area (Å²) in [6.07, 6.45) is 2.37. The molecule has 0 bridgehead atoms. The molecule has 4 heteroatoms. The molecule has 4 nitrogen and oxygen atoms in total. The number of hydrogen-bond donors (Lipinski definition) is 0. The fourth-order valence-electron chi connectivity index (χ4n) is 5.10. The Morgan fingerprint density at radius 1 is 1.03 bits per heavy atom. The SMILES string of the molecule is COc1ccc(CN(C)CC[C@]2(c3ccccc3)C[C@H](C)N(C)C[C@@H]2C)cc1OC. The summed E-state index contributed by atoms with van der Waals surface area (Å²) in [5, 5.41) is 0. The number of methoxy groups -OCH3 is 2. The minimum absolute atomic E-state index is 0.221. The summed E-state index contributed by atoms with van der Waals surface area (Å²) in [7, 11) is 7.85. The molecular weight excluding hydrogens is 372 g/mol. The molecule has 0 aliphatic carbocycles. The molecule has 2 aromatic rings. The van der Waals surface area contributed by atoms with Crippen LogP contribution in [0.3, 0.4) is 0 Å². The average Bonchev–Trinajstić information content (AvgIpc) is 2.76. The van der Waals surface area contributed by atoms with Crippen molar-refractivity contribution in [3.05, 3.63) is 59.7 Å². The minimum atomic E-state index is 0.221. The van der Waals surface area contributed by atoms with Gasteiger partial charge in [-0.25, -0.2) is 0 Å². The van der Waals surface area contributed by atoms with E-state index in [1.807, 2.05) is 6.07 Å². The number of likely N-dealkylation sites (tertiary alicyclic amines) is 1. The highest BCUT2D eigenvalue weighted by Gasteiger charge is 2.43. The normalized spacial score (nSPS) is 24.8. The van der Waals surface area contributed by atoms with Crippen molar-refractivity contribution < 1.29 is 9.47 Å². The lowest BCUT2D eigenvalue weighted by Crippen LogP contribution is -2.52. The van der Waals surface area contributed by atoms with E-state index in [4.69, 9.17) is 9.47 Å². The van der Waals surface area contributed by atoms with E-state index in [2.05, 4.69) is 80.2 Å². The van der Waals surface area contributed by atoms with Gasteiger partial charge in [-0.2, -0.15) is 0 Å². The Morgan fingerprint density at radius 2 is 1.73 bits per heavy atom. The Morgan fingerprint density at radius 3 is 2.40 bits per heavy atom. The van der Waals surface area contributed by atoms with Gasteiger partial charge in [-0.15, -0.1) is 0 Å². The maximum atomic E-state index is 5.48. The summed E-state index contributed by atoms with van der Waals surface area (Å²) < 4.78 is 10.8. The van der Waals surface area contributed by atoms with Gasteiger partial charge in [0.1, 0.15) is 0 Å². The van der Waals surface area contributed by atoms with Gasteiger partial charge < -0.3 is 19.3 Å². The molecule has 0 spiro atoms. The molecular formula is C26H38N2O2. The molecule has 1 fully saturated rings. The van der Waals surface area contributed by atoms with Gasteiger partial charge in [0.05, 0.1) is 14.2 Å². The maximum Gasteiger partial charge on any atom is 0.161 e. The molecule has 1 aliphatic rings. The van der Waals surface area contributed by atoms with Crippen LogP contribution in [-0.2, 0) is 12.0 Å². The fraction of sp³-hybridized carbons (Fsp3) is 0.538. The van der Waals surface area contributed by atoms with Crippen LogP contribution in [0.5, 0.6) is 11.5 Å². The number of hydrogen-bond acceptors (Lipinski definition) is 4. The van der Waals surface area contributed by atoms with Gasteiger partial charge in [0.2, 0.25) is 0 Å². The first kappa shape index (κ1) is 22.6. The highest BCUT2D eigenvalue weighted by molar-refractivity contribution is 5.42. The van der Waals surface area contributed by atoms with Crippen molar-refractivity contribution in [2.24, 2.45) is 5.92 Å². The Kier molecular flexibility index (Phi) is 7.43. The Bertz CT molecular complexity index is 810. The summed E-state index contributed by atoms with van der Waals surface area (Å²) in [6.45, 7) is 7.91. The zero-order chi connectivity index (χ0) is 21.7. The lowest BCUT2D eigenvalue weighted by Gasteiger charge is -2.50. The van der Waals surface area contributed by atoms with E-state index in [9.17, 15) is 0 Å². The van der Waals surface area contributed by atoms with Gasteiger partial charge in [-0.3, -0.25) is 0 Å². The molecule has 1 saturated heterocycles. The topological polar surface area (TPSA) is 24.9 Å². The highest BCUT2D eigenvalue weighted by atomic mass is 16.5. The number of rotatable bonds is 8. The predicted molar refractivity (Wildman–Crippen MR) is 124 cm³/mol. The van der Waals surface area contributed by atoms with E-state index in [-0.39, 0.29) is 5.41 Å². The zero-order valence-corrected chi connectivity index (χ0v) is 19.5. The number of piperidine rings is 1. The predicted octanol–water partition coefficient (Wildman–Crippen LogP) is 4.82. The van der Waals surface area contributed by atoms with Gasteiger partial charge in [0, 0.05) is 24.5 Å². The Hall–Kier alpha value is -2.04. The van der Waals surface area contributed by atoms with Crippen LogP contribution in [0.1, 0.15) is 37.8 Å². The number of benzene rings is 2. The summed E-state index contributed by atoms with van der Waals surface area (Å²) in [5.74, 6) is 2.19. The van der Waals surface area contributed by atoms with Crippen molar-refractivity contribution in [1.29, 1.82) is 0 Å². The van der Waals surface area contributed by atoms with Gasteiger partial charge in [-0.1, -0.05) is 43.3 Å². The van der Waals surface area contributed by atoms with Crippen LogP contribution in [0.4, 0.5) is 0 Å². The first-order valence-electron chi connectivity index (χ1n) is 11.0. The molecule has 0 unspecified atom stereocenters. The van der Waals surface area contributed by atoms with E-state index in [0.29, 0.717) is 12.0 Å². The van der Waals surface area contributed by atoms with Crippen LogP contribution in [0.15, 0.2) is 48.5 Å². The van der Waals surface area contributed by atoms with Gasteiger partial charge in [0.25, 0.3) is 0 Å². The van der Waals surface area contributed by atoms with Crippen LogP contribution >= 0.6 is 0 Å². The smallest absolute Gasteiger partial charge is 0.161 e. The van der Waals surface area contributed by atoms with Crippen molar-refractivity contribution in [2.45, 2.75) is 44.7 Å².